The molecule has 1 amide bonds. The first kappa shape index (κ1) is 23.2. The standard InChI is InChI=1S/C26H27FN4O3/c1-3-15-34-22-12-8-18(16-23(22)33-2)9-13-25(32)28-21-17-19(10-11-20(21)27)26-30-29-24-7-5-4-6-14-31(24)26/h3,8-13,16-17H,1,4-7,14-15H2,2H3,(H,28,32)/b13-9+. The molecule has 0 aliphatic carbocycles. The second-order valence-corrected chi connectivity index (χ2v) is 7.93. The van der Waals surface area contributed by atoms with Crippen molar-refractivity contribution >= 4 is 17.7 Å². The van der Waals surface area contributed by atoms with Crippen LogP contribution in [0.4, 0.5) is 10.1 Å². The summed E-state index contributed by atoms with van der Waals surface area (Å²) in [7, 11) is 1.54. The Morgan fingerprint density at radius 3 is 2.88 bits per heavy atom. The van der Waals surface area contributed by atoms with Crippen LogP contribution in [0.3, 0.4) is 0 Å². The second kappa shape index (κ2) is 10.8. The number of carbonyl (C=O) groups is 1. The van der Waals surface area contributed by atoms with Crippen LogP contribution >= 0.6 is 0 Å². The molecule has 1 aliphatic heterocycles. The molecule has 2 heterocycles. The molecule has 0 bridgehead atoms. The highest BCUT2D eigenvalue weighted by Crippen LogP contribution is 2.29. The van der Waals surface area contributed by atoms with Gasteiger partial charge in [-0.25, -0.2) is 4.39 Å². The minimum absolute atomic E-state index is 0.0869. The van der Waals surface area contributed by atoms with E-state index in [1.165, 1.54) is 12.1 Å². The predicted molar refractivity (Wildman–Crippen MR) is 129 cm³/mol. The summed E-state index contributed by atoms with van der Waals surface area (Å²) in [5.74, 6) is 1.77. The minimum atomic E-state index is -0.522. The van der Waals surface area contributed by atoms with Crippen LogP contribution in [-0.4, -0.2) is 34.4 Å². The highest BCUT2D eigenvalue weighted by atomic mass is 19.1. The SMILES string of the molecule is C=CCOc1ccc(/C=C/C(=O)Nc2cc(-c3nnc4n3CCCCC4)ccc2F)cc1OC. The zero-order chi connectivity index (χ0) is 23.9. The highest BCUT2D eigenvalue weighted by molar-refractivity contribution is 6.02. The molecule has 3 aromatic rings. The molecule has 8 heteroatoms. The maximum Gasteiger partial charge on any atom is 0.248 e. The number of carbonyl (C=O) groups excluding carboxylic acids is 1. The summed E-state index contributed by atoms with van der Waals surface area (Å²) in [5, 5.41) is 11.2. The quantitative estimate of drug-likeness (QED) is 0.375. The maximum atomic E-state index is 14.5. The summed E-state index contributed by atoms with van der Waals surface area (Å²) < 4.78 is 27.4. The molecule has 0 radical (unpaired) electrons. The molecule has 0 atom stereocenters. The first-order valence-electron chi connectivity index (χ1n) is 11.2. The van der Waals surface area contributed by atoms with Crippen molar-refractivity contribution in [3.05, 3.63) is 72.3 Å². The summed E-state index contributed by atoms with van der Waals surface area (Å²) in [5.41, 5.74) is 1.53. The van der Waals surface area contributed by atoms with Crippen LogP contribution < -0.4 is 14.8 Å². The van der Waals surface area contributed by atoms with E-state index in [9.17, 15) is 9.18 Å². The largest absolute Gasteiger partial charge is 0.493 e. The second-order valence-electron chi connectivity index (χ2n) is 7.93. The van der Waals surface area contributed by atoms with Crippen LogP contribution in [0.25, 0.3) is 17.5 Å². The molecule has 4 rings (SSSR count). The highest BCUT2D eigenvalue weighted by Gasteiger charge is 2.17. The van der Waals surface area contributed by atoms with Gasteiger partial charge < -0.3 is 19.4 Å². The van der Waals surface area contributed by atoms with E-state index < -0.39 is 11.7 Å². The van der Waals surface area contributed by atoms with E-state index in [0.717, 1.165) is 43.6 Å². The number of amides is 1. The Kier molecular flexibility index (Phi) is 7.37. The van der Waals surface area contributed by atoms with Gasteiger partial charge in [0, 0.05) is 24.6 Å². The molecule has 0 saturated heterocycles. The Morgan fingerprint density at radius 1 is 1.18 bits per heavy atom. The van der Waals surface area contributed by atoms with Gasteiger partial charge in [-0.3, -0.25) is 4.79 Å². The Balaban J connectivity index is 1.49. The number of nitrogens with zero attached hydrogens (tertiary/aromatic N) is 3. The van der Waals surface area contributed by atoms with Gasteiger partial charge in [0.1, 0.15) is 18.2 Å². The molecule has 7 nitrogen and oxygen atoms in total. The number of aromatic nitrogens is 3. The van der Waals surface area contributed by atoms with Gasteiger partial charge in [0.15, 0.2) is 17.3 Å². The lowest BCUT2D eigenvalue weighted by Gasteiger charge is -2.10. The minimum Gasteiger partial charge on any atom is -0.493 e. The summed E-state index contributed by atoms with van der Waals surface area (Å²) in [6.45, 7) is 4.82. The van der Waals surface area contributed by atoms with E-state index in [2.05, 4.69) is 26.7 Å². The lowest BCUT2D eigenvalue weighted by atomic mass is 10.1. The number of aryl methyl sites for hydroxylation is 1. The topological polar surface area (TPSA) is 78.3 Å². The molecular formula is C26H27FN4O3. The average molecular weight is 463 g/mol. The molecule has 1 aliphatic rings. The van der Waals surface area contributed by atoms with Crippen molar-refractivity contribution in [2.24, 2.45) is 0 Å². The van der Waals surface area contributed by atoms with E-state index in [4.69, 9.17) is 9.47 Å². The van der Waals surface area contributed by atoms with Crippen molar-refractivity contribution in [1.82, 2.24) is 14.8 Å². The average Bonchev–Trinajstić information content (AvgIpc) is 3.10. The Bertz CT molecular complexity index is 1220. The van der Waals surface area contributed by atoms with Crippen LogP contribution in [0.2, 0.25) is 0 Å². The number of rotatable bonds is 8. The fourth-order valence-corrected chi connectivity index (χ4v) is 3.86. The van der Waals surface area contributed by atoms with Crippen LogP contribution in [-0.2, 0) is 17.8 Å². The summed E-state index contributed by atoms with van der Waals surface area (Å²) in [6, 6.07) is 9.89. The zero-order valence-electron chi connectivity index (χ0n) is 19.1. The number of nitrogens with one attached hydrogen (secondary N) is 1. The molecule has 0 fully saturated rings. The van der Waals surface area contributed by atoms with E-state index in [-0.39, 0.29) is 5.69 Å². The van der Waals surface area contributed by atoms with Crippen molar-refractivity contribution in [2.45, 2.75) is 32.2 Å². The lowest BCUT2D eigenvalue weighted by molar-refractivity contribution is -0.111. The maximum absolute atomic E-state index is 14.5. The smallest absolute Gasteiger partial charge is 0.248 e. The van der Waals surface area contributed by atoms with Crippen molar-refractivity contribution < 1.29 is 18.7 Å². The molecule has 0 spiro atoms. The van der Waals surface area contributed by atoms with Crippen molar-refractivity contribution in [2.75, 3.05) is 19.0 Å². The Morgan fingerprint density at radius 2 is 2.06 bits per heavy atom. The zero-order valence-corrected chi connectivity index (χ0v) is 19.1. The fourth-order valence-electron chi connectivity index (χ4n) is 3.86. The Labute approximate surface area is 197 Å². The molecule has 34 heavy (non-hydrogen) atoms. The number of benzene rings is 2. The third-order valence-electron chi connectivity index (χ3n) is 5.56. The van der Waals surface area contributed by atoms with Gasteiger partial charge >= 0.3 is 0 Å². The molecule has 1 N–H and O–H groups in total. The number of methoxy groups -OCH3 is 1. The van der Waals surface area contributed by atoms with Gasteiger partial charge in [-0.1, -0.05) is 25.1 Å². The molecule has 0 saturated carbocycles. The number of halogens is 1. The van der Waals surface area contributed by atoms with Gasteiger partial charge in [0.25, 0.3) is 0 Å². The van der Waals surface area contributed by atoms with E-state index in [1.54, 1.807) is 49.6 Å². The first-order chi connectivity index (χ1) is 16.6. The first-order valence-corrected chi connectivity index (χ1v) is 11.2. The van der Waals surface area contributed by atoms with Crippen molar-refractivity contribution in [3.8, 4) is 22.9 Å². The van der Waals surface area contributed by atoms with Gasteiger partial charge in [-0.05, 0) is 54.8 Å². The van der Waals surface area contributed by atoms with E-state index >= 15 is 0 Å². The van der Waals surface area contributed by atoms with Crippen molar-refractivity contribution in [3.63, 3.8) is 0 Å². The molecule has 2 aromatic carbocycles. The monoisotopic (exact) mass is 462 g/mol. The molecule has 176 valence electrons. The third-order valence-corrected chi connectivity index (χ3v) is 5.56. The Hall–Kier alpha value is -3.94. The summed E-state index contributed by atoms with van der Waals surface area (Å²) >= 11 is 0. The normalized spacial score (nSPS) is 13.2. The number of ether oxygens (including phenoxy) is 2. The van der Waals surface area contributed by atoms with Crippen LogP contribution in [0.15, 0.2) is 55.1 Å². The van der Waals surface area contributed by atoms with Crippen LogP contribution in [0, 0.1) is 5.82 Å². The fraction of sp³-hybridized carbons (Fsp3) is 0.269. The van der Waals surface area contributed by atoms with Crippen LogP contribution in [0.1, 0.15) is 30.7 Å². The number of hydrogen-bond acceptors (Lipinski definition) is 5. The van der Waals surface area contributed by atoms with Crippen molar-refractivity contribution in [1.29, 1.82) is 0 Å². The molecular weight excluding hydrogens is 435 g/mol. The predicted octanol–water partition coefficient (Wildman–Crippen LogP) is 5.04. The van der Waals surface area contributed by atoms with Gasteiger partial charge in [-0.15, -0.1) is 10.2 Å². The van der Waals surface area contributed by atoms with E-state index in [0.29, 0.717) is 29.5 Å². The van der Waals surface area contributed by atoms with E-state index in [1.807, 2.05) is 0 Å². The summed E-state index contributed by atoms with van der Waals surface area (Å²) in [6.07, 6.45) is 8.78. The lowest BCUT2D eigenvalue weighted by Crippen LogP contribution is -2.10. The van der Waals surface area contributed by atoms with Crippen LogP contribution in [0.5, 0.6) is 11.5 Å². The summed E-state index contributed by atoms with van der Waals surface area (Å²) in [4.78, 5) is 12.5. The molecule has 1 aromatic heterocycles. The van der Waals surface area contributed by atoms with Gasteiger partial charge in [0.05, 0.1) is 12.8 Å². The van der Waals surface area contributed by atoms with Gasteiger partial charge in [-0.2, -0.15) is 0 Å². The van der Waals surface area contributed by atoms with Gasteiger partial charge in [0.2, 0.25) is 5.91 Å². The molecule has 0 unspecified atom stereocenters. The third kappa shape index (κ3) is 5.33. The number of fused-ring (bicyclic) bond motifs is 1. The number of anilines is 1. The number of hydrogen-bond donors (Lipinski definition) is 1.